The molecular weight excluding hydrogens is 246 g/mol. The highest BCUT2D eigenvalue weighted by Gasteiger charge is 2.56. The highest BCUT2D eigenvalue weighted by atomic mass is 35.5. The molecule has 2 fully saturated rings. The minimum Gasteiger partial charge on any atom is -0.354 e. The molecule has 0 aromatic carbocycles. The van der Waals surface area contributed by atoms with Gasteiger partial charge in [0.1, 0.15) is 11.9 Å². The van der Waals surface area contributed by atoms with Crippen molar-refractivity contribution in [3.05, 3.63) is 22.8 Å². The average molecular weight is 262 g/mol. The van der Waals surface area contributed by atoms with Crippen LogP contribution in [0.1, 0.15) is 32.3 Å². The van der Waals surface area contributed by atoms with Gasteiger partial charge in [-0.15, -0.1) is 0 Å². The molecule has 18 heavy (non-hydrogen) atoms. The Labute approximate surface area is 112 Å². The molecule has 2 heterocycles. The lowest BCUT2D eigenvalue weighted by Gasteiger charge is -2.63. The van der Waals surface area contributed by atoms with Gasteiger partial charge in [0.2, 0.25) is 0 Å². The smallest absolute Gasteiger partial charge is 0.147 e. The van der Waals surface area contributed by atoms with Gasteiger partial charge in [0.15, 0.2) is 0 Å². The van der Waals surface area contributed by atoms with E-state index in [2.05, 4.69) is 29.8 Å². The molecule has 1 spiro atoms. The Morgan fingerprint density at radius 3 is 2.56 bits per heavy atom. The molecule has 1 saturated heterocycles. The van der Waals surface area contributed by atoms with E-state index >= 15 is 0 Å². The van der Waals surface area contributed by atoms with Gasteiger partial charge in [0, 0.05) is 24.7 Å². The Bertz CT molecular complexity index is 528. The van der Waals surface area contributed by atoms with Gasteiger partial charge in [-0.05, 0) is 24.3 Å². The summed E-state index contributed by atoms with van der Waals surface area (Å²) in [6.45, 7) is 6.76. The molecule has 3 rings (SSSR count). The molecule has 0 bridgehead atoms. The first kappa shape index (κ1) is 11.8. The monoisotopic (exact) mass is 261 g/mol. The highest BCUT2D eigenvalue weighted by Crippen LogP contribution is 2.59. The number of halogens is 1. The minimum absolute atomic E-state index is 0.502. The third-order valence-corrected chi connectivity index (χ3v) is 4.29. The molecule has 4 heteroatoms. The van der Waals surface area contributed by atoms with Gasteiger partial charge in [-0.25, -0.2) is 4.98 Å². The van der Waals surface area contributed by atoms with Gasteiger partial charge in [0.05, 0.1) is 10.6 Å². The van der Waals surface area contributed by atoms with Crippen LogP contribution in [-0.4, -0.2) is 18.1 Å². The Kier molecular flexibility index (Phi) is 2.37. The number of hydrogen-bond donors (Lipinski definition) is 0. The Hall–Kier alpha value is -1.27. The second-order valence-electron chi connectivity index (χ2n) is 6.52. The van der Waals surface area contributed by atoms with Gasteiger partial charge in [-0.1, -0.05) is 25.4 Å². The lowest BCUT2D eigenvalue weighted by molar-refractivity contribution is -0.0361. The molecule has 0 amide bonds. The van der Waals surface area contributed by atoms with Gasteiger partial charge in [-0.2, -0.15) is 5.26 Å². The number of hydrogen-bond acceptors (Lipinski definition) is 3. The summed E-state index contributed by atoms with van der Waals surface area (Å²) in [6, 6.07) is 3.75. The first-order valence-corrected chi connectivity index (χ1v) is 6.62. The maximum absolute atomic E-state index is 8.79. The van der Waals surface area contributed by atoms with Crippen LogP contribution in [-0.2, 0) is 0 Å². The average Bonchev–Trinajstić information content (AvgIpc) is 2.22. The Morgan fingerprint density at radius 1 is 1.39 bits per heavy atom. The molecule has 94 valence electrons. The number of pyridine rings is 1. The molecule has 1 aromatic rings. The number of nitrogens with zero attached hydrogens (tertiary/aromatic N) is 3. The van der Waals surface area contributed by atoms with Crippen molar-refractivity contribution in [1.82, 2.24) is 4.98 Å². The molecule has 1 aliphatic carbocycles. The van der Waals surface area contributed by atoms with Crippen molar-refractivity contribution in [2.45, 2.75) is 26.7 Å². The number of rotatable bonds is 1. The van der Waals surface area contributed by atoms with E-state index in [0.717, 1.165) is 18.9 Å². The molecule has 0 unspecified atom stereocenters. The summed E-state index contributed by atoms with van der Waals surface area (Å²) in [4.78, 5) is 6.52. The van der Waals surface area contributed by atoms with Crippen LogP contribution in [0.15, 0.2) is 12.3 Å². The number of anilines is 1. The quantitative estimate of drug-likeness (QED) is 0.779. The van der Waals surface area contributed by atoms with E-state index in [0.29, 0.717) is 21.4 Å². The van der Waals surface area contributed by atoms with Crippen molar-refractivity contribution >= 4 is 17.4 Å². The number of aromatic nitrogens is 1. The maximum Gasteiger partial charge on any atom is 0.147 e. The Balaban J connectivity index is 1.71. The lowest BCUT2D eigenvalue weighted by atomic mass is 9.51. The molecule has 0 atom stereocenters. The van der Waals surface area contributed by atoms with E-state index in [1.54, 1.807) is 12.3 Å². The second-order valence-corrected chi connectivity index (χ2v) is 6.92. The van der Waals surface area contributed by atoms with Crippen molar-refractivity contribution in [1.29, 1.82) is 5.26 Å². The summed E-state index contributed by atoms with van der Waals surface area (Å²) in [5.41, 5.74) is 1.53. The van der Waals surface area contributed by atoms with E-state index in [-0.39, 0.29) is 0 Å². The summed E-state index contributed by atoms with van der Waals surface area (Å²) in [6.07, 6.45) is 4.19. The summed E-state index contributed by atoms with van der Waals surface area (Å²) >= 11 is 6.17. The summed E-state index contributed by atoms with van der Waals surface area (Å²) < 4.78 is 0. The van der Waals surface area contributed by atoms with Crippen molar-refractivity contribution in [2.24, 2.45) is 10.8 Å². The van der Waals surface area contributed by atoms with E-state index in [4.69, 9.17) is 16.9 Å². The van der Waals surface area contributed by atoms with Gasteiger partial charge < -0.3 is 4.90 Å². The van der Waals surface area contributed by atoms with E-state index in [1.165, 1.54) is 12.8 Å². The largest absolute Gasteiger partial charge is 0.354 e. The van der Waals surface area contributed by atoms with E-state index < -0.39 is 0 Å². The topological polar surface area (TPSA) is 39.9 Å². The molecular formula is C14H16ClN3. The Morgan fingerprint density at radius 2 is 2.06 bits per heavy atom. The fourth-order valence-corrected chi connectivity index (χ4v) is 4.13. The first-order valence-electron chi connectivity index (χ1n) is 6.24. The molecule has 3 nitrogen and oxygen atoms in total. The standard InChI is InChI=1S/C14H16ClN3/c1-13(2)6-14(7-13)8-18(9-14)12-11(15)3-10(4-16)5-17-12/h3,5H,6-9H2,1-2H3. The molecule has 0 N–H and O–H groups in total. The third-order valence-electron chi connectivity index (χ3n) is 4.01. The highest BCUT2D eigenvalue weighted by molar-refractivity contribution is 6.33. The fourth-order valence-electron chi connectivity index (χ4n) is 3.84. The van der Waals surface area contributed by atoms with Crippen LogP contribution < -0.4 is 4.90 Å². The first-order chi connectivity index (χ1) is 8.43. The van der Waals surface area contributed by atoms with E-state index in [1.807, 2.05) is 0 Å². The lowest BCUT2D eigenvalue weighted by Crippen LogP contribution is -2.64. The summed E-state index contributed by atoms with van der Waals surface area (Å²) in [5, 5.41) is 9.37. The zero-order valence-electron chi connectivity index (χ0n) is 10.7. The van der Waals surface area contributed by atoms with Crippen LogP contribution in [0.5, 0.6) is 0 Å². The maximum atomic E-state index is 8.79. The van der Waals surface area contributed by atoms with Crippen LogP contribution in [0.2, 0.25) is 5.02 Å². The molecule has 1 aliphatic heterocycles. The molecule has 1 aromatic heterocycles. The van der Waals surface area contributed by atoms with Crippen LogP contribution in [0.25, 0.3) is 0 Å². The van der Waals surface area contributed by atoms with Gasteiger partial charge >= 0.3 is 0 Å². The van der Waals surface area contributed by atoms with Crippen molar-refractivity contribution < 1.29 is 0 Å². The normalized spacial score (nSPS) is 23.1. The molecule has 1 saturated carbocycles. The molecule has 2 aliphatic rings. The molecule has 0 radical (unpaired) electrons. The van der Waals surface area contributed by atoms with Gasteiger partial charge in [-0.3, -0.25) is 0 Å². The predicted octanol–water partition coefficient (Wildman–Crippen LogP) is 3.23. The summed E-state index contributed by atoms with van der Waals surface area (Å²) in [7, 11) is 0. The predicted molar refractivity (Wildman–Crippen MR) is 71.6 cm³/mol. The van der Waals surface area contributed by atoms with Crippen LogP contribution in [0, 0.1) is 22.2 Å². The zero-order chi connectivity index (χ0) is 13.0. The van der Waals surface area contributed by atoms with Crippen molar-refractivity contribution in [2.75, 3.05) is 18.0 Å². The minimum atomic E-state index is 0.502. The second kappa shape index (κ2) is 3.61. The number of nitriles is 1. The summed E-state index contributed by atoms with van der Waals surface area (Å²) in [5.74, 6) is 0.825. The van der Waals surface area contributed by atoms with Gasteiger partial charge in [0.25, 0.3) is 0 Å². The van der Waals surface area contributed by atoms with Crippen LogP contribution in [0.4, 0.5) is 5.82 Å². The fraction of sp³-hybridized carbons (Fsp3) is 0.571. The van der Waals surface area contributed by atoms with Crippen molar-refractivity contribution in [3.63, 3.8) is 0 Å². The zero-order valence-corrected chi connectivity index (χ0v) is 11.5. The van der Waals surface area contributed by atoms with Crippen molar-refractivity contribution in [3.8, 4) is 6.07 Å². The van der Waals surface area contributed by atoms with Crippen LogP contribution >= 0.6 is 11.6 Å². The van der Waals surface area contributed by atoms with E-state index in [9.17, 15) is 0 Å². The third kappa shape index (κ3) is 1.76. The van der Waals surface area contributed by atoms with Crippen LogP contribution in [0.3, 0.4) is 0 Å². The SMILES string of the molecule is CC1(C)CC2(CN(c3ncc(C#N)cc3Cl)C2)C1.